The molecular formula is C3H9NO3S. The first-order valence-electron chi connectivity index (χ1n) is 2.05. The molecule has 0 amide bonds. The normalized spacial score (nSPS) is 11.8. The second-order valence-electron chi connectivity index (χ2n) is 1.50. The van der Waals surface area contributed by atoms with E-state index in [1.807, 2.05) is 0 Å². The van der Waals surface area contributed by atoms with Gasteiger partial charge in [-0.2, -0.15) is 0 Å². The number of rotatable bonds is 3. The van der Waals surface area contributed by atoms with Crippen molar-refractivity contribution in [1.29, 1.82) is 0 Å². The molecule has 0 aliphatic heterocycles. The molecule has 0 saturated carbocycles. The number of hydrogen-bond donors (Lipinski definition) is 1. The minimum atomic E-state index is -2.89. The number of hydrogen-bond acceptors (Lipinski definition) is 4. The van der Waals surface area contributed by atoms with Gasteiger partial charge in [-0.15, -0.1) is 0 Å². The van der Waals surface area contributed by atoms with Crippen LogP contribution in [0.3, 0.4) is 0 Å². The maximum Gasteiger partial charge on any atom is 0.149 e. The maximum absolute atomic E-state index is 10.3. The van der Waals surface area contributed by atoms with E-state index in [1.54, 1.807) is 0 Å². The summed E-state index contributed by atoms with van der Waals surface area (Å²) in [6.45, 7) is 0.0683. The topological polar surface area (TPSA) is 69.4 Å². The van der Waals surface area contributed by atoms with Crippen LogP contribution < -0.4 is 5.90 Å². The van der Waals surface area contributed by atoms with Gasteiger partial charge in [-0.3, -0.25) is 0 Å². The Morgan fingerprint density at radius 1 is 1.62 bits per heavy atom. The molecule has 50 valence electrons. The fourth-order valence-electron chi connectivity index (χ4n) is 0.199. The fraction of sp³-hybridized carbons (Fsp3) is 1.00. The van der Waals surface area contributed by atoms with Gasteiger partial charge in [-0.05, 0) is 0 Å². The lowest BCUT2D eigenvalue weighted by Gasteiger charge is -1.92. The van der Waals surface area contributed by atoms with Crippen molar-refractivity contribution in [1.82, 2.24) is 0 Å². The first kappa shape index (κ1) is 7.87. The zero-order valence-corrected chi connectivity index (χ0v) is 5.44. The molecule has 0 atom stereocenters. The summed E-state index contributed by atoms with van der Waals surface area (Å²) in [6, 6.07) is 0. The summed E-state index contributed by atoms with van der Waals surface area (Å²) in [7, 11) is -2.89. The maximum atomic E-state index is 10.3. The van der Waals surface area contributed by atoms with Crippen molar-refractivity contribution in [2.45, 2.75) is 0 Å². The predicted molar refractivity (Wildman–Crippen MR) is 29.9 cm³/mol. The van der Waals surface area contributed by atoms with E-state index in [9.17, 15) is 8.42 Å². The van der Waals surface area contributed by atoms with Gasteiger partial charge in [0.15, 0.2) is 0 Å². The van der Waals surface area contributed by atoms with Crippen LogP contribution in [0.25, 0.3) is 0 Å². The molecule has 0 rings (SSSR count). The van der Waals surface area contributed by atoms with Gasteiger partial charge in [0, 0.05) is 6.26 Å². The van der Waals surface area contributed by atoms with Gasteiger partial charge in [0.1, 0.15) is 9.84 Å². The average Bonchev–Trinajstić information content (AvgIpc) is 1.59. The lowest BCUT2D eigenvalue weighted by molar-refractivity contribution is 0.154. The third kappa shape index (κ3) is 5.87. The van der Waals surface area contributed by atoms with Gasteiger partial charge in [0.25, 0.3) is 0 Å². The Balaban J connectivity index is 3.42. The van der Waals surface area contributed by atoms with Crippen LogP contribution in [0.5, 0.6) is 0 Å². The Labute approximate surface area is 48.5 Å². The molecule has 8 heavy (non-hydrogen) atoms. The van der Waals surface area contributed by atoms with Gasteiger partial charge in [-0.25, -0.2) is 14.3 Å². The molecule has 0 bridgehead atoms. The Kier molecular flexibility index (Phi) is 2.96. The van der Waals surface area contributed by atoms with Gasteiger partial charge >= 0.3 is 0 Å². The molecule has 5 heteroatoms. The van der Waals surface area contributed by atoms with Crippen molar-refractivity contribution in [2.75, 3.05) is 18.6 Å². The van der Waals surface area contributed by atoms with Gasteiger partial charge in [0.05, 0.1) is 12.4 Å². The standard InChI is InChI=1S/C3H9NO3S/c1-8(5,6)3-2-7-4/h2-4H2,1H3. The average molecular weight is 139 g/mol. The Morgan fingerprint density at radius 2 is 2.12 bits per heavy atom. The largest absolute Gasteiger partial charge is 0.304 e. The van der Waals surface area contributed by atoms with E-state index < -0.39 is 9.84 Å². The molecule has 0 radical (unpaired) electrons. The molecule has 4 nitrogen and oxygen atoms in total. The molecule has 0 saturated heterocycles. The van der Waals surface area contributed by atoms with Gasteiger partial charge < -0.3 is 4.84 Å². The third-order valence-corrected chi connectivity index (χ3v) is 1.48. The van der Waals surface area contributed by atoms with Crippen molar-refractivity contribution in [2.24, 2.45) is 5.90 Å². The van der Waals surface area contributed by atoms with E-state index in [2.05, 4.69) is 10.7 Å². The second kappa shape index (κ2) is 3.01. The van der Waals surface area contributed by atoms with Crippen molar-refractivity contribution in [3.8, 4) is 0 Å². The Bertz CT molecular complexity index is 139. The summed E-state index contributed by atoms with van der Waals surface area (Å²) in [5, 5.41) is 0. The van der Waals surface area contributed by atoms with Gasteiger partial charge in [0.2, 0.25) is 0 Å². The molecule has 0 aromatic heterocycles. The van der Waals surface area contributed by atoms with Crippen molar-refractivity contribution in [3.63, 3.8) is 0 Å². The first-order chi connectivity index (χ1) is 3.56. The van der Waals surface area contributed by atoms with E-state index in [4.69, 9.17) is 0 Å². The molecular weight excluding hydrogens is 130 g/mol. The Morgan fingerprint density at radius 3 is 2.25 bits per heavy atom. The molecule has 0 unspecified atom stereocenters. The molecule has 0 fully saturated rings. The number of sulfone groups is 1. The zero-order chi connectivity index (χ0) is 6.62. The minimum absolute atomic E-state index is 0.0104. The highest BCUT2D eigenvalue weighted by Gasteiger charge is 1.98. The van der Waals surface area contributed by atoms with Crippen LogP contribution in [0.2, 0.25) is 0 Å². The van der Waals surface area contributed by atoms with E-state index in [1.165, 1.54) is 0 Å². The molecule has 0 aliphatic carbocycles. The summed E-state index contributed by atoms with van der Waals surface area (Å²) in [5.74, 6) is 4.56. The van der Waals surface area contributed by atoms with Crippen LogP contribution in [-0.2, 0) is 14.7 Å². The SMILES string of the molecule is CS(=O)(=O)CCON. The number of nitrogens with two attached hydrogens (primary N) is 1. The summed E-state index contributed by atoms with van der Waals surface area (Å²) in [5.41, 5.74) is 0. The van der Waals surface area contributed by atoms with Crippen molar-refractivity contribution < 1.29 is 13.3 Å². The van der Waals surface area contributed by atoms with E-state index in [0.717, 1.165) is 6.26 Å². The summed E-state index contributed by atoms with van der Waals surface area (Å²) in [6.07, 6.45) is 1.13. The Hall–Kier alpha value is -0.130. The smallest absolute Gasteiger partial charge is 0.149 e. The highest BCUT2D eigenvalue weighted by atomic mass is 32.2. The van der Waals surface area contributed by atoms with Crippen LogP contribution >= 0.6 is 0 Å². The highest BCUT2D eigenvalue weighted by molar-refractivity contribution is 7.90. The van der Waals surface area contributed by atoms with Gasteiger partial charge in [-0.1, -0.05) is 0 Å². The van der Waals surface area contributed by atoms with E-state index >= 15 is 0 Å². The molecule has 0 aromatic rings. The third-order valence-electron chi connectivity index (χ3n) is 0.572. The molecule has 2 N–H and O–H groups in total. The van der Waals surface area contributed by atoms with Crippen LogP contribution in [-0.4, -0.2) is 27.0 Å². The zero-order valence-electron chi connectivity index (χ0n) is 4.62. The quantitative estimate of drug-likeness (QED) is 0.505. The second-order valence-corrected chi connectivity index (χ2v) is 3.76. The lowest BCUT2D eigenvalue weighted by atomic mass is 10.9. The summed E-state index contributed by atoms with van der Waals surface area (Å²) in [4.78, 5) is 4.04. The molecule has 0 aliphatic rings. The summed E-state index contributed by atoms with van der Waals surface area (Å²) >= 11 is 0. The monoisotopic (exact) mass is 139 g/mol. The highest BCUT2D eigenvalue weighted by Crippen LogP contribution is 1.79. The summed E-state index contributed by atoms with van der Waals surface area (Å²) < 4.78 is 20.5. The minimum Gasteiger partial charge on any atom is -0.304 e. The molecule has 0 heterocycles. The van der Waals surface area contributed by atoms with Crippen LogP contribution in [0, 0.1) is 0 Å². The lowest BCUT2D eigenvalue weighted by Crippen LogP contribution is -2.12. The first-order valence-corrected chi connectivity index (χ1v) is 4.12. The van der Waals surface area contributed by atoms with Crippen molar-refractivity contribution >= 4 is 9.84 Å². The fourth-order valence-corrected chi connectivity index (χ4v) is 0.598. The van der Waals surface area contributed by atoms with E-state index in [0.29, 0.717) is 0 Å². The van der Waals surface area contributed by atoms with Crippen LogP contribution in [0.4, 0.5) is 0 Å². The van der Waals surface area contributed by atoms with Crippen LogP contribution in [0.15, 0.2) is 0 Å². The molecule has 0 spiro atoms. The van der Waals surface area contributed by atoms with Crippen LogP contribution in [0.1, 0.15) is 0 Å². The molecule has 0 aromatic carbocycles. The van der Waals surface area contributed by atoms with E-state index in [-0.39, 0.29) is 12.4 Å². The van der Waals surface area contributed by atoms with Crippen molar-refractivity contribution in [3.05, 3.63) is 0 Å². The predicted octanol–water partition coefficient (Wildman–Crippen LogP) is -1.08.